The van der Waals surface area contributed by atoms with Crippen molar-refractivity contribution < 1.29 is 8.91 Å². The fourth-order valence-electron chi connectivity index (χ4n) is 0.701. The summed E-state index contributed by atoms with van der Waals surface area (Å²) in [6.07, 6.45) is 1.12. The van der Waals surface area contributed by atoms with Crippen LogP contribution in [0.15, 0.2) is 12.3 Å². The molecule has 0 bridgehead atoms. The van der Waals surface area contributed by atoms with Gasteiger partial charge < -0.3 is 11.1 Å². The lowest BCUT2D eigenvalue weighted by Gasteiger charge is -2.02. The molecule has 5 heteroatoms. The number of aromatic nitrogens is 1. The van der Waals surface area contributed by atoms with Crippen LogP contribution in [0.5, 0.6) is 0 Å². The van der Waals surface area contributed by atoms with Gasteiger partial charge in [0.2, 0.25) is 0 Å². The summed E-state index contributed by atoms with van der Waals surface area (Å²) >= 11 is 5.52. The van der Waals surface area contributed by atoms with Crippen LogP contribution in [0, 0.1) is 0 Å². The van der Waals surface area contributed by atoms with Crippen LogP contribution >= 0.6 is 11.6 Å². The molecule has 0 fully saturated rings. The van der Waals surface area contributed by atoms with Crippen molar-refractivity contribution in [3.05, 3.63) is 23.0 Å². The quantitative estimate of drug-likeness (QED) is 0.637. The first-order chi connectivity index (χ1) is 6.79. The molecule has 0 aliphatic carbocycles. The summed E-state index contributed by atoms with van der Waals surface area (Å²) in [4.78, 5) is 15.0. The maximum absolute atomic E-state index is 11.4. The molecule has 1 heterocycles. The second-order valence-electron chi connectivity index (χ2n) is 2.05. The number of amides is 1. The Labute approximate surface area is 79.0 Å². The van der Waals surface area contributed by atoms with E-state index in [1.807, 2.05) is 0 Å². The highest BCUT2D eigenvalue weighted by Gasteiger charge is 2.07. The summed E-state index contributed by atoms with van der Waals surface area (Å²) in [5.41, 5.74) is 5.53. The van der Waals surface area contributed by atoms with Crippen molar-refractivity contribution in [3.8, 4) is 0 Å². The number of nitrogens with two attached hydrogens (primary N) is 1. The van der Waals surface area contributed by atoms with E-state index < -0.39 is 12.9 Å². The molecule has 1 aromatic heterocycles. The van der Waals surface area contributed by atoms with Crippen LogP contribution in [0.1, 0.15) is 14.5 Å². The number of carbonyl (C=O) groups is 1. The third-order valence-electron chi connectivity index (χ3n) is 1.26. The molecule has 64 valence electrons. The predicted molar refractivity (Wildman–Crippen MR) is 47.0 cm³/mol. The van der Waals surface area contributed by atoms with Crippen LogP contribution < -0.4 is 11.1 Å². The lowest BCUT2D eigenvalue weighted by molar-refractivity contribution is 0.0963. The molecule has 12 heavy (non-hydrogen) atoms. The lowest BCUT2D eigenvalue weighted by atomic mass is 10.2. The summed E-state index contributed by atoms with van der Waals surface area (Å²) < 4.78 is 20.5. The number of nitrogens with zero attached hydrogens (tertiary/aromatic N) is 1. The zero-order valence-electron chi connectivity index (χ0n) is 8.97. The zero-order valence-corrected chi connectivity index (χ0v) is 6.72. The third-order valence-corrected chi connectivity index (χ3v) is 1.47. The second kappa shape index (κ2) is 3.40. The van der Waals surface area contributed by atoms with Crippen molar-refractivity contribution in [2.75, 3.05) is 12.7 Å². The minimum Gasteiger partial charge on any atom is -0.398 e. The fraction of sp³-hybridized carbons (Fsp3) is 0.143. The van der Waals surface area contributed by atoms with Gasteiger partial charge in [-0.1, -0.05) is 11.6 Å². The van der Waals surface area contributed by atoms with Crippen LogP contribution in [0.25, 0.3) is 0 Å². The molecule has 0 aliphatic rings. The molecule has 0 saturated carbocycles. The van der Waals surface area contributed by atoms with Crippen LogP contribution in [-0.2, 0) is 0 Å². The average molecular weight is 189 g/mol. The number of rotatable bonds is 1. The Morgan fingerprint density at radius 2 is 2.67 bits per heavy atom. The van der Waals surface area contributed by atoms with Gasteiger partial charge in [-0.2, -0.15) is 0 Å². The Hall–Kier alpha value is -1.29. The Morgan fingerprint density at radius 1 is 1.92 bits per heavy atom. The maximum atomic E-state index is 11.4. The highest BCUT2D eigenvalue weighted by Crippen LogP contribution is 2.14. The van der Waals surface area contributed by atoms with Gasteiger partial charge in [0.25, 0.3) is 5.91 Å². The molecule has 3 N–H and O–H groups in total. The van der Waals surface area contributed by atoms with E-state index in [9.17, 15) is 4.79 Å². The van der Waals surface area contributed by atoms with Gasteiger partial charge in [-0.25, -0.2) is 4.98 Å². The van der Waals surface area contributed by atoms with Crippen molar-refractivity contribution in [1.29, 1.82) is 0 Å². The van der Waals surface area contributed by atoms with E-state index >= 15 is 0 Å². The number of nitrogens with one attached hydrogen (secondary N) is 1. The molecule has 0 saturated heterocycles. The van der Waals surface area contributed by atoms with E-state index in [1.54, 1.807) is 5.32 Å². The minimum atomic E-state index is -2.55. The number of pyridine rings is 1. The normalized spacial score (nSPS) is 14.2. The second-order valence-corrected chi connectivity index (χ2v) is 2.44. The largest absolute Gasteiger partial charge is 0.398 e. The summed E-state index contributed by atoms with van der Waals surface area (Å²) in [7, 11) is 0. The van der Waals surface area contributed by atoms with Crippen LogP contribution in [0.4, 0.5) is 5.69 Å². The molecule has 4 nitrogen and oxygen atoms in total. The Morgan fingerprint density at radius 3 is 3.25 bits per heavy atom. The summed E-state index contributed by atoms with van der Waals surface area (Å²) in [6.45, 7) is -2.55. The molecule has 0 unspecified atom stereocenters. The Bertz CT molecular complexity index is 394. The van der Waals surface area contributed by atoms with Gasteiger partial charge in [-0.05, 0) is 6.07 Å². The highest BCUT2D eigenvalue weighted by molar-refractivity contribution is 6.29. The minimum absolute atomic E-state index is 0.0180. The molecular formula is C7H8ClN3O. The molecule has 0 aromatic carbocycles. The van der Waals surface area contributed by atoms with Gasteiger partial charge in [0.05, 0.1) is 5.56 Å². The van der Waals surface area contributed by atoms with Crippen LogP contribution in [0.3, 0.4) is 0 Å². The monoisotopic (exact) mass is 188 g/mol. The Kier molecular flexibility index (Phi) is 1.52. The van der Waals surface area contributed by atoms with E-state index in [1.165, 1.54) is 6.07 Å². The number of halogens is 1. The van der Waals surface area contributed by atoms with Gasteiger partial charge in [-0.15, -0.1) is 0 Å². The summed E-state index contributed by atoms with van der Waals surface area (Å²) in [5.74, 6) is -0.809. The SMILES string of the molecule is [2H]C([2H])([2H])NC(=O)c1cnc(Cl)cc1N. The molecule has 1 rings (SSSR count). The van der Waals surface area contributed by atoms with Crippen LogP contribution in [-0.4, -0.2) is 17.9 Å². The number of hydrogen-bond acceptors (Lipinski definition) is 3. The lowest BCUT2D eigenvalue weighted by Crippen LogP contribution is -2.19. The van der Waals surface area contributed by atoms with Crippen molar-refractivity contribution in [2.45, 2.75) is 0 Å². The smallest absolute Gasteiger partial charge is 0.254 e. The molecular weight excluding hydrogens is 178 g/mol. The molecule has 0 aliphatic heterocycles. The van der Waals surface area contributed by atoms with E-state index in [2.05, 4.69) is 4.98 Å². The zero-order chi connectivity index (χ0) is 11.6. The maximum Gasteiger partial charge on any atom is 0.254 e. The van der Waals surface area contributed by atoms with E-state index in [4.69, 9.17) is 21.4 Å². The number of hydrogen-bond donors (Lipinski definition) is 2. The first-order valence-electron chi connectivity index (χ1n) is 4.53. The van der Waals surface area contributed by atoms with E-state index in [-0.39, 0.29) is 16.4 Å². The van der Waals surface area contributed by atoms with Crippen molar-refractivity contribution in [1.82, 2.24) is 10.3 Å². The van der Waals surface area contributed by atoms with Crippen molar-refractivity contribution in [3.63, 3.8) is 0 Å². The molecule has 0 atom stereocenters. The van der Waals surface area contributed by atoms with Crippen LogP contribution in [0.2, 0.25) is 5.15 Å². The average Bonchev–Trinajstić information content (AvgIpc) is 1.99. The summed E-state index contributed by atoms with van der Waals surface area (Å²) in [6, 6.07) is 1.27. The van der Waals surface area contributed by atoms with E-state index in [0.29, 0.717) is 0 Å². The van der Waals surface area contributed by atoms with Gasteiger partial charge >= 0.3 is 0 Å². The number of anilines is 1. The van der Waals surface area contributed by atoms with Crippen molar-refractivity contribution >= 4 is 23.2 Å². The molecule has 0 radical (unpaired) electrons. The third kappa shape index (κ3) is 1.65. The first-order valence-corrected chi connectivity index (χ1v) is 3.41. The summed E-state index contributed by atoms with van der Waals surface area (Å²) in [5, 5.41) is 1.93. The van der Waals surface area contributed by atoms with Gasteiger partial charge in [0.1, 0.15) is 5.15 Å². The van der Waals surface area contributed by atoms with Crippen molar-refractivity contribution in [2.24, 2.45) is 0 Å². The van der Waals surface area contributed by atoms with Gasteiger partial charge in [0, 0.05) is 23.0 Å². The van der Waals surface area contributed by atoms with E-state index in [0.717, 1.165) is 6.20 Å². The molecule has 1 aromatic rings. The predicted octanol–water partition coefficient (Wildman–Crippen LogP) is 0.677. The number of nitrogen functional groups attached to an aromatic ring is 1. The standard InChI is InChI=1S/C7H8ClN3O/c1-10-7(12)4-3-11-6(8)2-5(4)9/h2-3H,1H3,(H2,9,11)(H,10,12)/i1D3. The number of carbonyl (C=O) groups excluding carboxylic acids is 1. The van der Waals surface area contributed by atoms with Gasteiger partial charge in [0.15, 0.2) is 0 Å². The topological polar surface area (TPSA) is 68.0 Å². The fourth-order valence-corrected chi connectivity index (χ4v) is 0.867. The highest BCUT2D eigenvalue weighted by atomic mass is 35.5. The first kappa shape index (κ1) is 5.37. The molecule has 0 spiro atoms. The molecule has 1 amide bonds. The Balaban J connectivity index is 2.92. The van der Waals surface area contributed by atoms with Gasteiger partial charge in [-0.3, -0.25) is 4.79 Å².